The summed E-state index contributed by atoms with van der Waals surface area (Å²) in [4.78, 5) is 0. The molecule has 0 bridgehead atoms. The molecule has 0 N–H and O–H groups in total. The van der Waals surface area contributed by atoms with Gasteiger partial charge in [0.2, 0.25) is 0 Å². The van der Waals surface area contributed by atoms with Gasteiger partial charge in [0.05, 0.1) is 13.2 Å². The fourth-order valence-electron chi connectivity index (χ4n) is 0.515. The van der Waals surface area contributed by atoms with Crippen LogP contribution in [0.3, 0.4) is 0 Å². The molecular formula is C6H8K2O2S4. The monoisotopic (exact) mass is 318 g/mol. The number of hydrogen-bond donors (Lipinski definition) is 0. The van der Waals surface area contributed by atoms with E-state index in [1.54, 1.807) is 0 Å². The fraction of sp³-hybridized carbons (Fsp3) is 0.667. The van der Waals surface area contributed by atoms with Crippen LogP contribution in [0.25, 0.3) is 0 Å². The summed E-state index contributed by atoms with van der Waals surface area (Å²) in [6.07, 6.45) is 1.68. The second kappa shape index (κ2) is 16.5. The molecule has 0 atom stereocenters. The van der Waals surface area contributed by atoms with Crippen LogP contribution in [0.15, 0.2) is 0 Å². The molecule has 0 amide bonds. The van der Waals surface area contributed by atoms with E-state index in [4.69, 9.17) is 9.47 Å². The molecule has 0 unspecified atom stereocenters. The summed E-state index contributed by atoms with van der Waals surface area (Å²) in [6, 6.07) is 0. The zero-order valence-electron chi connectivity index (χ0n) is 8.28. The van der Waals surface area contributed by atoms with Crippen LogP contribution in [0.1, 0.15) is 12.8 Å². The van der Waals surface area contributed by atoms with Gasteiger partial charge in [0.25, 0.3) is 0 Å². The topological polar surface area (TPSA) is 18.5 Å². The Morgan fingerprint density at radius 3 is 1.36 bits per heavy atom. The number of thiocarbonyl (C=S) groups is 2. The third-order valence-corrected chi connectivity index (χ3v) is 1.45. The van der Waals surface area contributed by atoms with Crippen molar-refractivity contribution in [3.8, 4) is 0 Å². The van der Waals surface area contributed by atoms with Gasteiger partial charge in [0, 0.05) is 8.77 Å². The van der Waals surface area contributed by atoms with E-state index in [-0.39, 0.29) is 112 Å². The van der Waals surface area contributed by atoms with E-state index in [0.29, 0.717) is 13.2 Å². The normalized spacial score (nSPS) is 7.71. The quantitative estimate of drug-likeness (QED) is 0.218. The largest absolute Gasteiger partial charge is 1.00 e. The van der Waals surface area contributed by atoms with Crippen molar-refractivity contribution < 1.29 is 112 Å². The minimum Gasteiger partial charge on any atom is -0.514 e. The minimum atomic E-state index is 0. The van der Waals surface area contributed by atoms with Gasteiger partial charge in [-0.15, -0.1) is 0 Å². The number of rotatable bonds is 5. The average Bonchev–Trinajstić information content (AvgIpc) is 1.95. The molecule has 0 heterocycles. The molecule has 14 heavy (non-hydrogen) atoms. The van der Waals surface area contributed by atoms with Crippen molar-refractivity contribution in [1.29, 1.82) is 0 Å². The summed E-state index contributed by atoms with van der Waals surface area (Å²) in [5.74, 6) is 0. The molecule has 2 nitrogen and oxygen atoms in total. The number of unbranched alkanes of at least 4 members (excludes halogenated alkanes) is 1. The van der Waals surface area contributed by atoms with Crippen LogP contribution in [0.2, 0.25) is 0 Å². The molecule has 0 aliphatic heterocycles. The molecule has 0 rings (SSSR count). The standard InChI is InChI=1S/C6H10O2S4.2K/c9-5(10)7-3-1-2-4-8-6(11)12;;/h1-4H2,(H,9,10)(H,11,12);;/q;2*+1/p-2. The van der Waals surface area contributed by atoms with Gasteiger partial charge in [0.15, 0.2) is 0 Å². The molecule has 0 aromatic rings. The molecule has 0 aliphatic carbocycles. The first-order valence-electron chi connectivity index (χ1n) is 3.30. The second-order valence-corrected chi connectivity index (χ2v) is 3.90. The van der Waals surface area contributed by atoms with Gasteiger partial charge >= 0.3 is 103 Å². The van der Waals surface area contributed by atoms with Crippen molar-refractivity contribution in [3.05, 3.63) is 0 Å². The van der Waals surface area contributed by atoms with E-state index < -0.39 is 0 Å². The maximum absolute atomic E-state index is 4.88. The van der Waals surface area contributed by atoms with Gasteiger partial charge in [0.1, 0.15) is 0 Å². The first-order valence-corrected chi connectivity index (χ1v) is 4.94. The summed E-state index contributed by atoms with van der Waals surface area (Å²) in [6.45, 7) is 1.08. The Morgan fingerprint density at radius 1 is 0.857 bits per heavy atom. The Bertz CT molecular complexity index is 150. The summed E-state index contributed by atoms with van der Waals surface area (Å²) >= 11 is 18.2. The summed E-state index contributed by atoms with van der Waals surface area (Å²) in [5, 5.41) is 0. The molecule has 0 saturated heterocycles. The van der Waals surface area contributed by atoms with Crippen LogP contribution in [-0.4, -0.2) is 22.0 Å². The van der Waals surface area contributed by atoms with Gasteiger partial charge in [-0.25, -0.2) is 0 Å². The van der Waals surface area contributed by atoms with Crippen molar-refractivity contribution >= 4 is 58.5 Å². The predicted octanol–water partition coefficient (Wildman–Crippen LogP) is -4.53. The third kappa shape index (κ3) is 20.9. The first-order chi connectivity index (χ1) is 5.63. The molecule has 8 heteroatoms. The summed E-state index contributed by atoms with van der Waals surface area (Å²) in [7, 11) is 0. The van der Waals surface area contributed by atoms with Crippen LogP contribution in [0.4, 0.5) is 0 Å². The second-order valence-electron chi connectivity index (χ2n) is 1.90. The van der Waals surface area contributed by atoms with Gasteiger partial charge in [-0.1, -0.05) is 0 Å². The maximum Gasteiger partial charge on any atom is 1.00 e. The molecular weight excluding hydrogens is 311 g/mol. The Kier molecular flexibility index (Phi) is 26.7. The smallest absolute Gasteiger partial charge is 0.514 e. The van der Waals surface area contributed by atoms with Crippen molar-refractivity contribution in [2.45, 2.75) is 12.8 Å². The fourth-order valence-corrected chi connectivity index (χ4v) is 0.848. The van der Waals surface area contributed by atoms with Gasteiger partial charge in [-0.2, -0.15) is 0 Å². The van der Waals surface area contributed by atoms with E-state index in [9.17, 15) is 0 Å². The van der Waals surface area contributed by atoms with E-state index in [0.717, 1.165) is 12.8 Å². The summed E-state index contributed by atoms with van der Waals surface area (Å²) < 4.78 is 10.1. The Balaban J connectivity index is -0.000000605. The molecule has 0 saturated carbocycles. The Morgan fingerprint density at radius 2 is 1.14 bits per heavy atom. The molecule has 0 aromatic carbocycles. The van der Waals surface area contributed by atoms with E-state index in [1.165, 1.54) is 0 Å². The Hall–Kier alpha value is 3.49. The maximum atomic E-state index is 4.88. The van der Waals surface area contributed by atoms with E-state index in [1.807, 2.05) is 0 Å². The molecule has 0 fully saturated rings. The summed E-state index contributed by atoms with van der Waals surface area (Å²) in [5.41, 5.74) is 0. The zero-order chi connectivity index (χ0) is 9.40. The van der Waals surface area contributed by atoms with Gasteiger partial charge < -0.3 is 59.2 Å². The van der Waals surface area contributed by atoms with Gasteiger partial charge in [-0.3, -0.25) is 0 Å². The van der Waals surface area contributed by atoms with Crippen LogP contribution >= 0.6 is 24.4 Å². The van der Waals surface area contributed by atoms with E-state index >= 15 is 0 Å². The molecule has 0 radical (unpaired) electrons. The first kappa shape index (κ1) is 22.7. The van der Waals surface area contributed by atoms with Crippen molar-refractivity contribution in [3.63, 3.8) is 0 Å². The van der Waals surface area contributed by atoms with Crippen LogP contribution in [-0.2, 0) is 34.7 Å². The van der Waals surface area contributed by atoms with Crippen molar-refractivity contribution in [2.24, 2.45) is 0 Å². The van der Waals surface area contributed by atoms with E-state index in [2.05, 4.69) is 49.7 Å². The molecule has 0 aromatic heterocycles. The number of hydrogen-bond acceptors (Lipinski definition) is 6. The molecule has 0 aliphatic rings. The average molecular weight is 319 g/mol. The molecule has 0 spiro atoms. The Labute approximate surface area is 192 Å². The van der Waals surface area contributed by atoms with Crippen LogP contribution in [0.5, 0.6) is 0 Å². The molecule has 70 valence electrons. The third-order valence-electron chi connectivity index (χ3n) is 0.979. The SMILES string of the molecule is S=C([S-])OCCCCOC(=S)[S-].[K+].[K+]. The van der Waals surface area contributed by atoms with Crippen molar-refractivity contribution in [1.82, 2.24) is 0 Å². The van der Waals surface area contributed by atoms with Crippen molar-refractivity contribution in [2.75, 3.05) is 13.2 Å². The predicted molar refractivity (Wildman–Crippen MR) is 61.1 cm³/mol. The number of ether oxygens (including phenoxy) is 2. The zero-order valence-corrected chi connectivity index (χ0v) is 17.8. The minimum absolute atomic E-state index is 0. The van der Waals surface area contributed by atoms with Gasteiger partial charge in [-0.05, 0) is 12.8 Å². The van der Waals surface area contributed by atoms with Crippen LogP contribution in [0, 0.1) is 0 Å². The van der Waals surface area contributed by atoms with Crippen LogP contribution < -0.4 is 103 Å².